The van der Waals surface area contributed by atoms with Crippen LogP contribution in [0, 0.1) is 6.92 Å². The van der Waals surface area contributed by atoms with Crippen molar-refractivity contribution in [1.29, 1.82) is 0 Å². The van der Waals surface area contributed by atoms with E-state index in [-0.39, 0.29) is 0 Å². The molecule has 0 radical (unpaired) electrons. The molecule has 17 heavy (non-hydrogen) atoms. The maximum atomic E-state index is 11.0. The molecule has 0 aliphatic heterocycles. The Hall–Kier alpha value is -1.51. The number of hydrogen-bond acceptors (Lipinski definition) is 2. The summed E-state index contributed by atoms with van der Waals surface area (Å²) in [5, 5.41) is 9.03. The summed E-state index contributed by atoms with van der Waals surface area (Å²) < 4.78 is 5.54. The minimum atomic E-state index is -1.21. The molecule has 0 aliphatic rings. The predicted octanol–water partition coefficient (Wildman–Crippen LogP) is 3.36. The second-order valence-corrected chi connectivity index (χ2v) is 5.15. The molecule has 0 saturated carbocycles. The Morgan fingerprint density at radius 3 is 2.35 bits per heavy atom. The van der Waals surface area contributed by atoms with Gasteiger partial charge in [-0.05, 0) is 49.9 Å². The zero-order valence-corrected chi connectivity index (χ0v) is 11.1. The van der Waals surface area contributed by atoms with Crippen molar-refractivity contribution in [3.63, 3.8) is 0 Å². The lowest BCUT2D eigenvalue weighted by Crippen LogP contribution is -2.37. The highest BCUT2D eigenvalue weighted by molar-refractivity contribution is 5.76. The fraction of sp³-hybridized carbons (Fsp3) is 0.500. The van der Waals surface area contributed by atoms with E-state index in [0.29, 0.717) is 11.7 Å². The van der Waals surface area contributed by atoms with Gasteiger partial charge in [-0.15, -0.1) is 0 Å². The summed E-state index contributed by atoms with van der Waals surface area (Å²) in [5.74, 6) is 0.0383. The van der Waals surface area contributed by atoms with E-state index in [1.165, 1.54) is 0 Å². The van der Waals surface area contributed by atoms with Crippen LogP contribution in [-0.4, -0.2) is 16.7 Å². The van der Waals surface area contributed by atoms with Crippen molar-refractivity contribution in [2.75, 3.05) is 0 Å². The first-order valence-electron chi connectivity index (χ1n) is 5.76. The molecule has 0 aromatic heterocycles. The topological polar surface area (TPSA) is 46.5 Å². The van der Waals surface area contributed by atoms with Gasteiger partial charge >= 0.3 is 5.97 Å². The molecule has 0 unspecified atom stereocenters. The molecular weight excluding hydrogens is 216 g/mol. The van der Waals surface area contributed by atoms with Crippen LogP contribution in [0.2, 0.25) is 0 Å². The molecule has 3 nitrogen and oxygen atoms in total. The molecule has 0 amide bonds. The summed E-state index contributed by atoms with van der Waals surface area (Å²) in [6, 6.07) is 5.85. The van der Waals surface area contributed by atoms with Gasteiger partial charge in [0.15, 0.2) is 5.60 Å². The number of carboxylic acid groups (broad SMARTS) is 1. The Kier molecular flexibility index (Phi) is 3.81. The largest absolute Gasteiger partial charge is 0.478 e. The van der Waals surface area contributed by atoms with Crippen molar-refractivity contribution in [1.82, 2.24) is 0 Å². The second kappa shape index (κ2) is 4.78. The molecule has 1 aromatic rings. The number of hydrogen-bond donors (Lipinski definition) is 1. The minimum Gasteiger partial charge on any atom is -0.478 e. The Labute approximate surface area is 102 Å². The number of rotatable bonds is 4. The molecule has 94 valence electrons. The van der Waals surface area contributed by atoms with Gasteiger partial charge in [0.05, 0.1) is 0 Å². The number of carboxylic acids is 1. The molecule has 1 rings (SSSR count). The Morgan fingerprint density at radius 2 is 1.88 bits per heavy atom. The van der Waals surface area contributed by atoms with Gasteiger partial charge in [0, 0.05) is 0 Å². The average molecular weight is 236 g/mol. The van der Waals surface area contributed by atoms with Crippen LogP contribution >= 0.6 is 0 Å². The lowest BCUT2D eigenvalue weighted by Gasteiger charge is -2.22. The fourth-order valence-electron chi connectivity index (χ4n) is 1.51. The quantitative estimate of drug-likeness (QED) is 0.872. The third-order valence-electron chi connectivity index (χ3n) is 2.63. The number of benzene rings is 1. The van der Waals surface area contributed by atoms with Crippen LogP contribution in [0.5, 0.6) is 5.75 Å². The molecule has 0 spiro atoms. The molecule has 0 fully saturated rings. The molecule has 3 heteroatoms. The molecular formula is C14H20O3. The summed E-state index contributed by atoms with van der Waals surface area (Å²) in [5.41, 5.74) is 1.02. The van der Waals surface area contributed by atoms with Gasteiger partial charge in [0.25, 0.3) is 0 Å². The van der Waals surface area contributed by atoms with Crippen LogP contribution in [0.1, 0.15) is 44.7 Å². The van der Waals surface area contributed by atoms with E-state index in [2.05, 4.69) is 19.9 Å². The molecule has 0 heterocycles. The molecule has 1 N–H and O–H groups in total. The van der Waals surface area contributed by atoms with Crippen LogP contribution in [0.3, 0.4) is 0 Å². The molecule has 0 aliphatic carbocycles. The van der Waals surface area contributed by atoms with Crippen LogP contribution in [-0.2, 0) is 4.79 Å². The highest BCUT2D eigenvalue weighted by Crippen LogP contribution is 2.25. The van der Waals surface area contributed by atoms with E-state index < -0.39 is 11.6 Å². The van der Waals surface area contributed by atoms with Crippen LogP contribution in [0.25, 0.3) is 0 Å². The van der Waals surface area contributed by atoms with Crippen molar-refractivity contribution in [3.05, 3.63) is 29.3 Å². The van der Waals surface area contributed by atoms with Gasteiger partial charge in [-0.2, -0.15) is 0 Å². The Bertz CT molecular complexity index is 419. The third kappa shape index (κ3) is 3.48. The second-order valence-electron chi connectivity index (χ2n) is 5.15. The lowest BCUT2D eigenvalue weighted by atomic mass is 10.0. The van der Waals surface area contributed by atoms with Crippen molar-refractivity contribution < 1.29 is 14.6 Å². The summed E-state index contributed by atoms with van der Waals surface area (Å²) in [6.07, 6.45) is 0. The highest BCUT2D eigenvalue weighted by atomic mass is 16.5. The molecule has 0 bridgehead atoms. The minimum absolute atomic E-state index is 0.394. The molecule has 0 saturated heterocycles. The maximum absolute atomic E-state index is 11.0. The number of carbonyl (C=O) groups is 1. The van der Waals surface area contributed by atoms with Crippen LogP contribution in [0.15, 0.2) is 18.2 Å². The van der Waals surface area contributed by atoms with Gasteiger partial charge in [0.2, 0.25) is 0 Å². The van der Waals surface area contributed by atoms with Crippen LogP contribution < -0.4 is 4.74 Å². The highest BCUT2D eigenvalue weighted by Gasteiger charge is 2.29. The zero-order valence-electron chi connectivity index (χ0n) is 11.1. The van der Waals surface area contributed by atoms with Gasteiger partial charge < -0.3 is 9.84 Å². The fourth-order valence-corrected chi connectivity index (χ4v) is 1.51. The SMILES string of the molecule is Cc1cc(OC(C)(C)C(=O)O)cc(C(C)C)c1. The third-order valence-corrected chi connectivity index (χ3v) is 2.63. The lowest BCUT2D eigenvalue weighted by molar-refractivity contribution is -0.152. The number of aryl methyl sites for hydroxylation is 1. The summed E-state index contributed by atoms with van der Waals surface area (Å²) >= 11 is 0. The maximum Gasteiger partial charge on any atom is 0.347 e. The van der Waals surface area contributed by atoms with E-state index in [1.807, 2.05) is 19.1 Å². The van der Waals surface area contributed by atoms with Crippen molar-refractivity contribution in [2.45, 2.75) is 46.1 Å². The van der Waals surface area contributed by atoms with E-state index in [4.69, 9.17) is 9.84 Å². The predicted molar refractivity (Wildman–Crippen MR) is 67.6 cm³/mol. The first kappa shape index (κ1) is 13.6. The number of ether oxygens (including phenoxy) is 1. The van der Waals surface area contributed by atoms with Crippen molar-refractivity contribution >= 4 is 5.97 Å². The van der Waals surface area contributed by atoms with E-state index in [0.717, 1.165) is 11.1 Å². The zero-order chi connectivity index (χ0) is 13.2. The van der Waals surface area contributed by atoms with Crippen molar-refractivity contribution in [3.8, 4) is 5.75 Å². The summed E-state index contributed by atoms with van der Waals surface area (Å²) in [6.45, 7) is 9.27. The van der Waals surface area contributed by atoms with Gasteiger partial charge in [-0.3, -0.25) is 0 Å². The summed E-state index contributed by atoms with van der Waals surface area (Å²) in [4.78, 5) is 11.0. The average Bonchev–Trinajstić information content (AvgIpc) is 2.15. The van der Waals surface area contributed by atoms with Gasteiger partial charge in [0.1, 0.15) is 5.75 Å². The first-order valence-corrected chi connectivity index (χ1v) is 5.76. The van der Waals surface area contributed by atoms with E-state index in [9.17, 15) is 4.79 Å². The smallest absolute Gasteiger partial charge is 0.347 e. The molecule has 0 atom stereocenters. The van der Waals surface area contributed by atoms with E-state index in [1.54, 1.807) is 13.8 Å². The molecule has 1 aromatic carbocycles. The first-order chi connectivity index (χ1) is 7.72. The number of aliphatic carboxylic acids is 1. The van der Waals surface area contributed by atoms with Crippen LogP contribution in [0.4, 0.5) is 0 Å². The monoisotopic (exact) mass is 236 g/mol. The summed E-state index contributed by atoms with van der Waals surface area (Å²) in [7, 11) is 0. The Morgan fingerprint density at radius 1 is 1.29 bits per heavy atom. The Balaban J connectivity index is 3.03. The normalized spacial score (nSPS) is 11.6. The van der Waals surface area contributed by atoms with Crippen molar-refractivity contribution in [2.24, 2.45) is 0 Å². The van der Waals surface area contributed by atoms with Gasteiger partial charge in [-0.1, -0.05) is 19.9 Å². The van der Waals surface area contributed by atoms with E-state index >= 15 is 0 Å². The van der Waals surface area contributed by atoms with Gasteiger partial charge in [-0.25, -0.2) is 4.79 Å². The standard InChI is InChI=1S/C14H20O3/c1-9(2)11-6-10(3)7-12(8-11)17-14(4,5)13(15)16/h6-9H,1-5H3,(H,15,16).